The predicted molar refractivity (Wildman–Crippen MR) is 106 cm³/mol. The second kappa shape index (κ2) is 8.94. The Bertz CT molecular complexity index is 837. The number of likely N-dealkylation sites (N-methyl/N-ethyl adjacent to an activating group) is 1. The number of sulfonamides is 1. The van der Waals surface area contributed by atoms with Crippen molar-refractivity contribution in [3.05, 3.63) is 35.9 Å². The van der Waals surface area contributed by atoms with Crippen LogP contribution >= 0.6 is 23.1 Å². The van der Waals surface area contributed by atoms with Gasteiger partial charge in [-0.05, 0) is 11.5 Å². The number of benzene rings is 1. The fourth-order valence-electron chi connectivity index (χ4n) is 2.08. The van der Waals surface area contributed by atoms with E-state index in [1.165, 1.54) is 18.4 Å². The molecule has 7 nitrogen and oxygen atoms in total. The largest absolute Gasteiger partial charge is 0.299 e. The number of hydrogen-bond donors (Lipinski definition) is 1. The zero-order valence-corrected chi connectivity index (χ0v) is 17.5. The Hall–Kier alpha value is -1.49. The van der Waals surface area contributed by atoms with Gasteiger partial charge in [0.25, 0.3) is 0 Å². The first-order valence-corrected chi connectivity index (χ1v) is 11.6. The number of hydrogen-bond acceptors (Lipinski definition) is 7. The Morgan fingerprint density at radius 1 is 1.27 bits per heavy atom. The van der Waals surface area contributed by atoms with Crippen molar-refractivity contribution in [3.63, 3.8) is 0 Å². The van der Waals surface area contributed by atoms with Gasteiger partial charge in [-0.15, -0.1) is 10.2 Å². The summed E-state index contributed by atoms with van der Waals surface area (Å²) < 4.78 is 25.8. The maximum absolute atomic E-state index is 12.8. The molecule has 142 valence electrons. The summed E-state index contributed by atoms with van der Waals surface area (Å²) in [5.41, 5.74) is 0.580. The van der Waals surface area contributed by atoms with E-state index in [4.69, 9.17) is 0 Å². The van der Waals surface area contributed by atoms with Crippen molar-refractivity contribution in [2.45, 2.75) is 24.2 Å². The third-order valence-corrected chi connectivity index (χ3v) is 7.08. The van der Waals surface area contributed by atoms with Crippen molar-refractivity contribution in [1.29, 1.82) is 0 Å². The van der Waals surface area contributed by atoms with E-state index in [1.54, 1.807) is 36.0 Å². The molecular weight excluding hydrogens is 392 g/mol. The van der Waals surface area contributed by atoms with Gasteiger partial charge in [0.2, 0.25) is 21.1 Å². The third kappa shape index (κ3) is 5.76. The van der Waals surface area contributed by atoms with Crippen LogP contribution in [0.1, 0.15) is 25.5 Å². The highest BCUT2D eigenvalue weighted by Crippen LogP contribution is 2.29. The molecule has 0 saturated heterocycles. The third-order valence-electron chi connectivity index (χ3n) is 3.43. The normalized spacial score (nSPS) is 13.2. The average Bonchev–Trinajstić information content (AvgIpc) is 3.00. The van der Waals surface area contributed by atoms with Crippen LogP contribution in [-0.2, 0) is 14.8 Å². The highest BCUT2D eigenvalue weighted by atomic mass is 32.2. The first-order valence-electron chi connectivity index (χ1n) is 7.93. The van der Waals surface area contributed by atoms with Crippen molar-refractivity contribution in [2.24, 2.45) is 5.92 Å². The van der Waals surface area contributed by atoms with Gasteiger partial charge in [0.1, 0.15) is 6.04 Å². The van der Waals surface area contributed by atoms with Crippen LogP contribution in [0.5, 0.6) is 0 Å². The Morgan fingerprint density at radius 3 is 2.50 bits per heavy atom. The molecule has 26 heavy (non-hydrogen) atoms. The second-order valence-corrected chi connectivity index (χ2v) is 10.4. The average molecular weight is 415 g/mol. The summed E-state index contributed by atoms with van der Waals surface area (Å²) >= 11 is 2.85. The van der Waals surface area contributed by atoms with E-state index in [9.17, 15) is 13.2 Å². The van der Waals surface area contributed by atoms with Crippen LogP contribution in [0.25, 0.3) is 0 Å². The number of anilines is 1. The summed E-state index contributed by atoms with van der Waals surface area (Å²) in [5.74, 6) is 0.958. The Morgan fingerprint density at radius 2 is 1.92 bits per heavy atom. The maximum atomic E-state index is 12.8. The maximum Gasteiger partial charge on any atom is 0.249 e. The highest BCUT2D eigenvalue weighted by molar-refractivity contribution is 8.01. The molecule has 0 spiro atoms. The molecule has 0 aliphatic heterocycles. The van der Waals surface area contributed by atoms with E-state index in [2.05, 4.69) is 29.4 Å². The number of thioether (sulfide) groups is 1. The summed E-state index contributed by atoms with van der Waals surface area (Å²) in [6, 6.07) is 7.78. The lowest BCUT2D eigenvalue weighted by atomic mass is 10.1. The van der Waals surface area contributed by atoms with Crippen LogP contribution in [0.2, 0.25) is 0 Å². The van der Waals surface area contributed by atoms with Crippen LogP contribution < -0.4 is 5.32 Å². The Labute approximate surface area is 162 Å². The SMILES string of the molecule is CC(C)CSc1nnc(NC(=O)[C@@H](c2ccccc2)N(C)S(C)(=O)=O)s1. The van der Waals surface area contributed by atoms with Crippen LogP contribution in [0.4, 0.5) is 5.13 Å². The number of amides is 1. The molecule has 0 aliphatic carbocycles. The number of carbonyl (C=O) groups is 1. The minimum absolute atomic E-state index is 0.351. The van der Waals surface area contributed by atoms with Gasteiger partial charge >= 0.3 is 0 Å². The first kappa shape index (κ1) is 20.8. The minimum Gasteiger partial charge on any atom is -0.299 e. The molecule has 0 aliphatic rings. The van der Waals surface area contributed by atoms with Gasteiger partial charge in [-0.1, -0.05) is 67.3 Å². The minimum atomic E-state index is -3.56. The van der Waals surface area contributed by atoms with Gasteiger partial charge in [0, 0.05) is 12.8 Å². The van der Waals surface area contributed by atoms with Crippen molar-refractivity contribution in [2.75, 3.05) is 24.4 Å². The number of rotatable bonds is 8. The summed E-state index contributed by atoms with van der Waals surface area (Å²) in [4.78, 5) is 12.8. The lowest BCUT2D eigenvalue weighted by Crippen LogP contribution is -2.38. The zero-order valence-electron chi connectivity index (χ0n) is 15.0. The van der Waals surface area contributed by atoms with Gasteiger partial charge in [-0.3, -0.25) is 10.1 Å². The molecule has 2 rings (SSSR count). The molecule has 1 aromatic heterocycles. The smallest absolute Gasteiger partial charge is 0.249 e. The topological polar surface area (TPSA) is 92.3 Å². The van der Waals surface area contributed by atoms with Crippen molar-refractivity contribution in [3.8, 4) is 0 Å². The van der Waals surface area contributed by atoms with Crippen molar-refractivity contribution >= 4 is 44.2 Å². The lowest BCUT2D eigenvalue weighted by Gasteiger charge is -2.25. The molecule has 2 aromatic rings. The van der Waals surface area contributed by atoms with Gasteiger partial charge in [0.05, 0.1) is 6.26 Å². The number of nitrogens with zero attached hydrogens (tertiary/aromatic N) is 3. The molecule has 1 amide bonds. The predicted octanol–water partition coefficient (Wildman–Crippen LogP) is 2.86. The molecule has 1 N–H and O–H groups in total. The lowest BCUT2D eigenvalue weighted by molar-refractivity contribution is -0.119. The highest BCUT2D eigenvalue weighted by Gasteiger charge is 2.31. The zero-order chi connectivity index (χ0) is 19.3. The Kier molecular flexibility index (Phi) is 7.16. The van der Waals surface area contributed by atoms with E-state index in [1.807, 2.05) is 6.07 Å². The summed E-state index contributed by atoms with van der Waals surface area (Å²) in [6.45, 7) is 4.23. The summed E-state index contributed by atoms with van der Waals surface area (Å²) in [6.07, 6.45) is 1.07. The molecule has 1 atom stereocenters. The standard InChI is InChI=1S/C16H22N4O3S3/c1-11(2)10-24-16-19-18-15(25-16)17-14(21)13(20(3)26(4,22)23)12-8-6-5-7-9-12/h5-9,11,13H,10H2,1-4H3,(H,17,18,21)/t13-/m1/s1. The fourth-order valence-corrected chi connectivity index (χ4v) is 4.42. The summed E-state index contributed by atoms with van der Waals surface area (Å²) in [5, 5.41) is 11.1. The molecule has 0 radical (unpaired) electrons. The molecule has 0 saturated carbocycles. The molecule has 10 heteroatoms. The molecule has 1 heterocycles. The van der Waals surface area contributed by atoms with Crippen LogP contribution in [-0.4, -0.2) is 47.9 Å². The fraction of sp³-hybridized carbons (Fsp3) is 0.438. The van der Waals surface area contributed by atoms with Crippen LogP contribution in [0, 0.1) is 5.92 Å². The number of carbonyl (C=O) groups excluding carboxylic acids is 1. The molecule has 1 aromatic carbocycles. The van der Waals surface area contributed by atoms with E-state index < -0.39 is 22.0 Å². The summed E-state index contributed by atoms with van der Waals surface area (Å²) in [7, 11) is -2.18. The van der Waals surface area contributed by atoms with Crippen molar-refractivity contribution < 1.29 is 13.2 Å². The van der Waals surface area contributed by atoms with Crippen molar-refractivity contribution in [1.82, 2.24) is 14.5 Å². The van der Waals surface area contributed by atoms with Gasteiger partial charge in [-0.2, -0.15) is 4.31 Å². The molecule has 0 fully saturated rings. The van der Waals surface area contributed by atoms with Gasteiger partial charge in [0.15, 0.2) is 4.34 Å². The monoisotopic (exact) mass is 414 g/mol. The first-order chi connectivity index (χ1) is 12.2. The van der Waals surface area contributed by atoms with Gasteiger partial charge in [-0.25, -0.2) is 8.42 Å². The molecule has 0 unspecified atom stereocenters. The van der Waals surface area contributed by atoms with E-state index in [0.717, 1.165) is 20.7 Å². The quantitative estimate of drug-likeness (QED) is 0.527. The van der Waals surface area contributed by atoms with E-state index in [-0.39, 0.29) is 0 Å². The molecular formula is C16H22N4O3S3. The number of nitrogens with one attached hydrogen (secondary N) is 1. The molecule has 0 bridgehead atoms. The van der Waals surface area contributed by atoms with Crippen LogP contribution in [0.15, 0.2) is 34.7 Å². The van der Waals surface area contributed by atoms with Crippen LogP contribution in [0.3, 0.4) is 0 Å². The number of aromatic nitrogens is 2. The van der Waals surface area contributed by atoms with E-state index >= 15 is 0 Å². The Balaban J connectivity index is 2.19. The van der Waals surface area contributed by atoms with E-state index in [0.29, 0.717) is 16.6 Å². The van der Waals surface area contributed by atoms with Gasteiger partial charge < -0.3 is 0 Å². The second-order valence-electron chi connectivity index (χ2n) is 6.16.